The number of hydrogen-bond acceptors (Lipinski definition) is 4. The molecule has 5 nitrogen and oxygen atoms in total. The molecule has 1 aromatic carbocycles. The lowest BCUT2D eigenvalue weighted by atomic mass is 10.2. The molecule has 19 heavy (non-hydrogen) atoms. The van der Waals surface area contributed by atoms with Gasteiger partial charge in [-0.15, -0.1) is 0 Å². The standard InChI is InChI=1S/C13H18FN3O2/c1-3-19-12-7-11(10(15)6-9(12)14)17-5-4-16(2)13(18)8-17/h6-7H,3-5,8,15H2,1-2H3. The molecule has 0 saturated carbocycles. The van der Waals surface area contributed by atoms with E-state index in [1.54, 1.807) is 24.9 Å². The van der Waals surface area contributed by atoms with Gasteiger partial charge in [0, 0.05) is 32.3 Å². The minimum atomic E-state index is -0.483. The molecular formula is C13H18FN3O2. The van der Waals surface area contributed by atoms with Crippen molar-refractivity contribution in [3.63, 3.8) is 0 Å². The second-order valence-electron chi connectivity index (χ2n) is 4.51. The summed E-state index contributed by atoms with van der Waals surface area (Å²) < 4.78 is 18.8. The van der Waals surface area contributed by atoms with E-state index < -0.39 is 5.82 Å². The summed E-state index contributed by atoms with van der Waals surface area (Å²) in [5, 5.41) is 0. The van der Waals surface area contributed by atoms with Crippen LogP contribution in [0.15, 0.2) is 12.1 Å². The molecule has 0 aromatic heterocycles. The molecule has 0 aliphatic carbocycles. The highest BCUT2D eigenvalue weighted by molar-refractivity contribution is 5.84. The number of piperazine rings is 1. The average molecular weight is 267 g/mol. The molecule has 1 amide bonds. The Morgan fingerprint density at radius 1 is 1.42 bits per heavy atom. The molecule has 2 rings (SSSR count). The number of nitrogen functional groups attached to an aromatic ring is 1. The first-order chi connectivity index (χ1) is 9.02. The van der Waals surface area contributed by atoms with E-state index in [1.165, 1.54) is 6.07 Å². The van der Waals surface area contributed by atoms with Crippen molar-refractivity contribution < 1.29 is 13.9 Å². The number of carbonyl (C=O) groups excluding carboxylic acids is 1. The Hall–Kier alpha value is -1.98. The minimum absolute atomic E-state index is 0.0212. The number of ether oxygens (including phenoxy) is 1. The largest absolute Gasteiger partial charge is 0.491 e. The number of anilines is 2. The lowest BCUT2D eigenvalue weighted by Gasteiger charge is -2.34. The van der Waals surface area contributed by atoms with E-state index in [0.717, 1.165) is 0 Å². The second kappa shape index (κ2) is 5.34. The van der Waals surface area contributed by atoms with Gasteiger partial charge in [-0.1, -0.05) is 0 Å². The Morgan fingerprint density at radius 2 is 2.16 bits per heavy atom. The van der Waals surface area contributed by atoms with E-state index in [-0.39, 0.29) is 18.2 Å². The van der Waals surface area contributed by atoms with Crippen molar-refractivity contribution in [2.75, 3.05) is 43.9 Å². The van der Waals surface area contributed by atoms with E-state index >= 15 is 0 Å². The third-order valence-corrected chi connectivity index (χ3v) is 3.18. The summed E-state index contributed by atoms with van der Waals surface area (Å²) in [6.07, 6.45) is 0. The van der Waals surface area contributed by atoms with Crippen LogP contribution in [0.1, 0.15) is 6.92 Å². The number of benzene rings is 1. The maximum atomic E-state index is 13.6. The Morgan fingerprint density at radius 3 is 2.79 bits per heavy atom. The fraction of sp³-hybridized carbons (Fsp3) is 0.462. The highest BCUT2D eigenvalue weighted by atomic mass is 19.1. The molecule has 1 heterocycles. The van der Waals surface area contributed by atoms with Crippen LogP contribution >= 0.6 is 0 Å². The summed E-state index contributed by atoms with van der Waals surface area (Å²) in [6, 6.07) is 2.80. The van der Waals surface area contributed by atoms with Crippen molar-refractivity contribution >= 4 is 17.3 Å². The van der Waals surface area contributed by atoms with E-state index in [0.29, 0.717) is 31.1 Å². The normalized spacial score (nSPS) is 15.8. The zero-order valence-corrected chi connectivity index (χ0v) is 11.1. The van der Waals surface area contributed by atoms with E-state index in [4.69, 9.17) is 10.5 Å². The zero-order valence-electron chi connectivity index (χ0n) is 11.1. The predicted octanol–water partition coefficient (Wildman–Crippen LogP) is 1.08. The summed E-state index contributed by atoms with van der Waals surface area (Å²) >= 11 is 0. The van der Waals surface area contributed by atoms with Crippen LogP contribution in [0.2, 0.25) is 0 Å². The van der Waals surface area contributed by atoms with Crippen molar-refractivity contribution in [1.82, 2.24) is 4.90 Å². The van der Waals surface area contributed by atoms with Crippen molar-refractivity contribution in [3.8, 4) is 5.75 Å². The number of nitrogens with zero attached hydrogens (tertiary/aromatic N) is 2. The number of likely N-dealkylation sites (N-methyl/N-ethyl adjacent to an activating group) is 1. The fourth-order valence-electron chi connectivity index (χ4n) is 2.06. The molecule has 0 spiro atoms. The predicted molar refractivity (Wildman–Crippen MR) is 71.8 cm³/mol. The van der Waals surface area contributed by atoms with Crippen LogP contribution < -0.4 is 15.4 Å². The van der Waals surface area contributed by atoms with Crippen molar-refractivity contribution in [2.45, 2.75) is 6.92 Å². The zero-order chi connectivity index (χ0) is 14.0. The molecular weight excluding hydrogens is 249 g/mol. The van der Waals surface area contributed by atoms with Crippen molar-refractivity contribution in [3.05, 3.63) is 17.9 Å². The topological polar surface area (TPSA) is 58.8 Å². The maximum absolute atomic E-state index is 13.6. The Balaban J connectivity index is 2.28. The Kier molecular flexibility index (Phi) is 3.78. The number of rotatable bonds is 3. The molecule has 2 N–H and O–H groups in total. The van der Waals surface area contributed by atoms with Crippen LogP contribution in [0, 0.1) is 5.82 Å². The van der Waals surface area contributed by atoms with Gasteiger partial charge in [0.05, 0.1) is 24.5 Å². The minimum Gasteiger partial charge on any atom is -0.491 e. The van der Waals surface area contributed by atoms with E-state index in [2.05, 4.69) is 0 Å². The van der Waals surface area contributed by atoms with Crippen molar-refractivity contribution in [1.29, 1.82) is 0 Å². The van der Waals surface area contributed by atoms with Gasteiger partial charge in [0.15, 0.2) is 11.6 Å². The molecule has 0 radical (unpaired) electrons. The van der Waals surface area contributed by atoms with Gasteiger partial charge in [0.25, 0.3) is 0 Å². The molecule has 0 bridgehead atoms. The molecule has 1 fully saturated rings. The van der Waals surface area contributed by atoms with Gasteiger partial charge in [-0.3, -0.25) is 4.79 Å². The third kappa shape index (κ3) is 2.72. The van der Waals surface area contributed by atoms with Crippen LogP contribution in [0.5, 0.6) is 5.75 Å². The summed E-state index contributed by atoms with van der Waals surface area (Å²) in [7, 11) is 1.76. The number of halogens is 1. The Labute approximate surface area is 111 Å². The maximum Gasteiger partial charge on any atom is 0.241 e. The highest BCUT2D eigenvalue weighted by Gasteiger charge is 2.23. The van der Waals surface area contributed by atoms with Crippen LogP contribution in [0.3, 0.4) is 0 Å². The number of amides is 1. The monoisotopic (exact) mass is 267 g/mol. The third-order valence-electron chi connectivity index (χ3n) is 3.18. The lowest BCUT2D eigenvalue weighted by Crippen LogP contribution is -2.48. The molecule has 1 aliphatic rings. The quantitative estimate of drug-likeness (QED) is 0.833. The molecule has 104 valence electrons. The lowest BCUT2D eigenvalue weighted by molar-refractivity contribution is -0.129. The van der Waals surface area contributed by atoms with E-state index in [9.17, 15) is 9.18 Å². The summed E-state index contributed by atoms with van der Waals surface area (Å²) in [6.45, 7) is 3.71. The summed E-state index contributed by atoms with van der Waals surface area (Å²) in [5.74, 6) is -0.297. The van der Waals surface area contributed by atoms with Crippen LogP contribution in [0.4, 0.5) is 15.8 Å². The Bertz CT molecular complexity index is 493. The molecule has 1 aromatic rings. The van der Waals surface area contributed by atoms with Crippen LogP contribution in [0.25, 0.3) is 0 Å². The fourth-order valence-corrected chi connectivity index (χ4v) is 2.06. The summed E-state index contributed by atoms with van der Waals surface area (Å²) in [5.41, 5.74) is 6.80. The number of carbonyl (C=O) groups is 1. The first-order valence-electron chi connectivity index (χ1n) is 6.23. The number of hydrogen-bond donors (Lipinski definition) is 1. The van der Waals surface area contributed by atoms with Gasteiger partial charge < -0.3 is 20.3 Å². The van der Waals surface area contributed by atoms with Gasteiger partial charge in [0.2, 0.25) is 5.91 Å². The van der Waals surface area contributed by atoms with Crippen molar-refractivity contribution in [2.24, 2.45) is 0 Å². The van der Waals surface area contributed by atoms with Gasteiger partial charge in [-0.2, -0.15) is 0 Å². The molecule has 1 saturated heterocycles. The molecule has 1 aliphatic heterocycles. The highest BCUT2D eigenvalue weighted by Crippen LogP contribution is 2.31. The summed E-state index contributed by atoms with van der Waals surface area (Å²) in [4.78, 5) is 15.2. The van der Waals surface area contributed by atoms with Gasteiger partial charge in [-0.05, 0) is 6.92 Å². The SMILES string of the molecule is CCOc1cc(N2CCN(C)C(=O)C2)c(N)cc1F. The average Bonchev–Trinajstić information content (AvgIpc) is 2.36. The molecule has 6 heteroatoms. The van der Waals surface area contributed by atoms with Gasteiger partial charge >= 0.3 is 0 Å². The van der Waals surface area contributed by atoms with Crippen LogP contribution in [-0.2, 0) is 4.79 Å². The number of nitrogens with two attached hydrogens (primary N) is 1. The van der Waals surface area contributed by atoms with E-state index in [1.807, 2.05) is 4.90 Å². The first-order valence-corrected chi connectivity index (χ1v) is 6.23. The second-order valence-corrected chi connectivity index (χ2v) is 4.51. The van der Waals surface area contributed by atoms with Crippen LogP contribution in [-0.4, -0.2) is 44.1 Å². The molecule has 0 atom stereocenters. The molecule has 0 unspecified atom stereocenters. The first kappa shape index (κ1) is 13.5. The smallest absolute Gasteiger partial charge is 0.241 e. The van der Waals surface area contributed by atoms with Gasteiger partial charge in [-0.25, -0.2) is 4.39 Å². The van der Waals surface area contributed by atoms with Gasteiger partial charge in [0.1, 0.15) is 0 Å².